The molecular formula is C16H31N3O. The van der Waals surface area contributed by atoms with E-state index in [2.05, 4.69) is 24.1 Å². The Morgan fingerprint density at radius 2 is 1.75 bits per heavy atom. The second-order valence-corrected chi connectivity index (χ2v) is 7.14. The molecule has 1 aliphatic heterocycles. The van der Waals surface area contributed by atoms with E-state index in [1.165, 1.54) is 44.9 Å². The van der Waals surface area contributed by atoms with E-state index in [0.29, 0.717) is 11.5 Å². The fraction of sp³-hybridized carbons (Fsp3) is 0.938. The molecule has 2 rings (SSSR count). The Morgan fingerprint density at radius 1 is 1.15 bits per heavy atom. The van der Waals surface area contributed by atoms with Crippen LogP contribution in [0.1, 0.15) is 58.8 Å². The number of amides is 1. The van der Waals surface area contributed by atoms with Crippen LogP contribution in [0.2, 0.25) is 0 Å². The minimum atomic E-state index is -0.225. The minimum absolute atomic E-state index is 0.213. The monoisotopic (exact) mass is 281 g/mol. The molecule has 0 aromatic heterocycles. The molecule has 1 atom stereocenters. The maximum absolute atomic E-state index is 11.5. The van der Waals surface area contributed by atoms with Crippen molar-refractivity contribution >= 4 is 5.91 Å². The highest BCUT2D eigenvalue weighted by Gasteiger charge is 2.36. The number of hydrogen-bond acceptors (Lipinski definition) is 3. The number of carbonyl (C=O) groups is 1. The van der Waals surface area contributed by atoms with Crippen LogP contribution < -0.4 is 11.1 Å². The van der Waals surface area contributed by atoms with Crippen LogP contribution in [0.3, 0.4) is 0 Å². The number of nitrogens with zero attached hydrogens (tertiary/aromatic N) is 1. The summed E-state index contributed by atoms with van der Waals surface area (Å²) in [6.07, 6.45) is 9.71. The lowest BCUT2D eigenvalue weighted by atomic mass is 9.68. The smallest absolute Gasteiger partial charge is 0.235 e. The lowest BCUT2D eigenvalue weighted by Gasteiger charge is -2.45. The van der Waals surface area contributed by atoms with Gasteiger partial charge in [0.2, 0.25) is 5.91 Å². The van der Waals surface area contributed by atoms with Crippen LogP contribution in [0.25, 0.3) is 0 Å². The van der Waals surface area contributed by atoms with Crippen molar-refractivity contribution in [1.82, 2.24) is 10.2 Å². The molecule has 0 bridgehead atoms. The van der Waals surface area contributed by atoms with Gasteiger partial charge in [-0.3, -0.25) is 4.79 Å². The highest BCUT2D eigenvalue weighted by molar-refractivity contribution is 5.80. The van der Waals surface area contributed by atoms with Crippen LogP contribution in [-0.2, 0) is 4.79 Å². The molecule has 2 fully saturated rings. The maximum Gasteiger partial charge on any atom is 0.235 e. The van der Waals surface area contributed by atoms with Crippen LogP contribution in [0, 0.1) is 5.41 Å². The lowest BCUT2D eigenvalue weighted by molar-refractivity contribution is -0.120. The number of likely N-dealkylation sites (tertiary alicyclic amines) is 1. The molecule has 1 unspecified atom stereocenters. The van der Waals surface area contributed by atoms with Gasteiger partial charge in [0, 0.05) is 12.6 Å². The summed E-state index contributed by atoms with van der Waals surface area (Å²) in [5.41, 5.74) is 6.14. The first-order valence-corrected chi connectivity index (χ1v) is 8.28. The summed E-state index contributed by atoms with van der Waals surface area (Å²) in [4.78, 5) is 14.0. The third-order valence-corrected chi connectivity index (χ3v) is 5.15. The van der Waals surface area contributed by atoms with Gasteiger partial charge in [-0.05, 0) is 44.2 Å². The number of primary amides is 1. The third-order valence-electron chi connectivity index (χ3n) is 5.15. The van der Waals surface area contributed by atoms with Crippen LogP contribution in [0.15, 0.2) is 0 Å². The Hall–Kier alpha value is -0.610. The van der Waals surface area contributed by atoms with Crippen LogP contribution in [-0.4, -0.2) is 42.5 Å². The highest BCUT2D eigenvalue weighted by atomic mass is 16.1. The van der Waals surface area contributed by atoms with E-state index in [-0.39, 0.29) is 11.9 Å². The summed E-state index contributed by atoms with van der Waals surface area (Å²) >= 11 is 0. The minimum Gasteiger partial charge on any atom is -0.368 e. The highest BCUT2D eigenvalue weighted by Crippen LogP contribution is 2.44. The van der Waals surface area contributed by atoms with E-state index in [1.807, 2.05) is 0 Å². The molecule has 3 N–H and O–H groups in total. The first-order valence-electron chi connectivity index (χ1n) is 8.28. The van der Waals surface area contributed by atoms with E-state index in [4.69, 9.17) is 5.73 Å². The second kappa shape index (κ2) is 6.90. The fourth-order valence-corrected chi connectivity index (χ4v) is 3.90. The van der Waals surface area contributed by atoms with Crippen molar-refractivity contribution in [3.8, 4) is 0 Å². The molecule has 0 aromatic rings. The molecule has 2 aliphatic rings. The van der Waals surface area contributed by atoms with E-state index in [1.54, 1.807) is 0 Å². The molecule has 116 valence electrons. The Labute approximate surface area is 123 Å². The van der Waals surface area contributed by atoms with Gasteiger partial charge in [0.05, 0.1) is 6.04 Å². The molecule has 1 saturated heterocycles. The average molecular weight is 281 g/mol. The predicted molar refractivity (Wildman–Crippen MR) is 82.4 cm³/mol. The summed E-state index contributed by atoms with van der Waals surface area (Å²) in [6.45, 7) is 7.14. The molecule has 1 saturated carbocycles. The summed E-state index contributed by atoms with van der Waals surface area (Å²) in [5.74, 6) is -0.225. The summed E-state index contributed by atoms with van der Waals surface area (Å²) in [6, 6.07) is 0.0809. The zero-order chi connectivity index (χ0) is 14.6. The van der Waals surface area contributed by atoms with Crippen molar-refractivity contribution in [1.29, 1.82) is 0 Å². The van der Waals surface area contributed by atoms with E-state index >= 15 is 0 Å². The lowest BCUT2D eigenvalue weighted by Crippen LogP contribution is -2.53. The molecule has 0 radical (unpaired) electrons. The average Bonchev–Trinajstić information content (AvgIpc) is 2.41. The Balaban J connectivity index is 1.82. The number of hydrogen-bond donors (Lipinski definition) is 2. The van der Waals surface area contributed by atoms with E-state index < -0.39 is 0 Å². The first kappa shape index (κ1) is 15.8. The molecule has 20 heavy (non-hydrogen) atoms. The molecule has 4 nitrogen and oxygen atoms in total. The van der Waals surface area contributed by atoms with Crippen molar-refractivity contribution in [2.75, 3.05) is 19.6 Å². The van der Waals surface area contributed by atoms with Gasteiger partial charge in [0.25, 0.3) is 0 Å². The topological polar surface area (TPSA) is 58.4 Å². The van der Waals surface area contributed by atoms with Gasteiger partial charge in [-0.25, -0.2) is 0 Å². The van der Waals surface area contributed by atoms with Gasteiger partial charge < -0.3 is 16.0 Å². The van der Waals surface area contributed by atoms with Crippen LogP contribution in [0.5, 0.6) is 0 Å². The van der Waals surface area contributed by atoms with Gasteiger partial charge in [-0.1, -0.05) is 33.1 Å². The van der Waals surface area contributed by atoms with Gasteiger partial charge in [-0.2, -0.15) is 0 Å². The summed E-state index contributed by atoms with van der Waals surface area (Å²) in [7, 11) is 0. The van der Waals surface area contributed by atoms with Crippen molar-refractivity contribution in [2.24, 2.45) is 11.1 Å². The second-order valence-electron chi connectivity index (χ2n) is 7.14. The van der Waals surface area contributed by atoms with Crippen LogP contribution >= 0.6 is 0 Å². The Bertz CT molecular complexity index is 314. The van der Waals surface area contributed by atoms with Gasteiger partial charge in [0.1, 0.15) is 0 Å². The normalized spacial score (nSPS) is 24.9. The Morgan fingerprint density at radius 3 is 2.25 bits per heavy atom. The van der Waals surface area contributed by atoms with Crippen molar-refractivity contribution < 1.29 is 4.79 Å². The predicted octanol–water partition coefficient (Wildman–Crippen LogP) is 1.88. The van der Waals surface area contributed by atoms with Gasteiger partial charge in [-0.15, -0.1) is 0 Å². The molecule has 0 aromatic carbocycles. The number of piperidine rings is 1. The number of nitrogens with one attached hydrogen (secondary N) is 1. The third kappa shape index (κ3) is 4.19. The molecule has 1 spiro atoms. The standard InChI is InChI=1S/C16H31N3O/c1-13(2)18-14(15(17)20)12-19-10-8-16(9-11-19)6-4-3-5-7-16/h13-14,18H,3-12H2,1-2H3,(H2,17,20). The van der Waals surface area contributed by atoms with Gasteiger partial charge >= 0.3 is 0 Å². The number of nitrogens with two attached hydrogens (primary N) is 1. The van der Waals surface area contributed by atoms with Gasteiger partial charge in [0.15, 0.2) is 0 Å². The molecule has 1 heterocycles. The molecule has 4 heteroatoms. The molecule has 1 amide bonds. The fourth-order valence-electron chi connectivity index (χ4n) is 3.90. The number of rotatable bonds is 5. The largest absolute Gasteiger partial charge is 0.368 e. The first-order chi connectivity index (χ1) is 9.51. The quantitative estimate of drug-likeness (QED) is 0.809. The number of carbonyl (C=O) groups excluding carboxylic acids is 1. The SMILES string of the molecule is CC(C)NC(CN1CCC2(CCCCC2)CC1)C(N)=O. The van der Waals surface area contributed by atoms with Crippen molar-refractivity contribution in [3.63, 3.8) is 0 Å². The molecule has 1 aliphatic carbocycles. The zero-order valence-electron chi connectivity index (χ0n) is 13.2. The van der Waals surface area contributed by atoms with Crippen molar-refractivity contribution in [3.05, 3.63) is 0 Å². The summed E-state index contributed by atoms with van der Waals surface area (Å²) < 4.78 is 0. The van der Waals surface area contributed by atoms with E-state index in [0.717, 1.165) is 19.6 Å². The van der Waals surface area contributed by atoms with Crippen LogP contribution in [0.4, 0.5) is 0 Å². The maximum atomic E-state index is 11.5. The van der Waals surface area contributed by atoms with E-state index in [9.17, 15) is 4.79 Å². The Kier molecular flexibility index (Phi) is 5.44. The summed E-state index contributed by atoms with van der Waals surface area (Å²) in [5, 5.41) is 3.28. The zero-order valence-corrected chi connectivity index (χ0v) is 13.2. The van der Waals surface area contributed by atoms with Crippen molar-refractivity contribution in [2.45, 2.75) is 70.9 Å². The molecular weight excluding hydrogens is 250 g/mol.